The van der Waals surface area contributed by atoms with Crippen LogP contribution in [0.15, 0.2) is 24.5 Å². The Morgan fingerprint density at radius 3 is 2.93 bits per heavy atom. The molecule has 1 heterocycles. The summed E-state index contributed by atoms with van der Waals surface area (Å²) in [6.45, 7) is -0.577. The SMILES string of the molecule is O=C(O)CONC(=O)c1cccnc1. The van der Waals surface area contributed by atoms with E-state index in [0.717, 1.165) is 0 Å². The summed E-state index contributed by atoms with van der Waals surface area (Å²) in [5.41, 5.74) is 2.27. The van der Waals surface area contributed by atoms with Gasteiger partial charge in [-0.15, -0.1) is 0 Å². The van der Waals surface area contributed by atoms with Gasteiger partial charge in [0.25, 0.3) is 5.91 Å². The molecule has 6 heteroatoms. The van der Waals surface area contributed by atoms with Crippen LogP contribution >= 0.6 is 0 Å². The van der Waals surface area contributed by atoms with E-state index < -0.39 is 18.5 Å². The average molecular weight is 196 g/mol. The monoisotopic (exact) mass is 196 g/mol. The molecule has 0 saturated carbocycles. The minimum absolute atomic E-state index is 0.304. The van der Waals surface area contributed by atoms with Gasteiger partial charge in [0.15, 0.2) is 6.61 Å². The number of nitrogens with zero attached hydrogens (tertiary/aromatic N) is 1. The second kappa shape index (κ2) is 4.93. The highest BCUT2D eigenvalue weighted by atomic mass is 16.7. The molecule has 0 aliphatic rings. The minimum Gasteiger partial charge on any atom is -0.479 e. The number of carbonyl (C=O) groups excluding carboxylic acids is 1. The van der Waals surface area contributed by atoms with Crippen LogP contribution in [0, 0.1) is 0 Å². The maximum absolute atomic E-state index is 11.2. The third-order valence-corrected chi connectivity index (χ3v) is 1.28. The summed E-state index contributed by atoms with van der Waals surface area (Å²) in [6.07, 6.45) is 2.87. The molecule has 0 radical (unpaired) electrons. The molecule has 1 rings (SSSR count). The summed E-state index contributed by atoms with van der Waals surface area (Å²) in [5.74, 6) is -1.68. The van der Waals surface area contributed by atoms with Crippen LogP contribution < -0.4 is 5.48 Å². The molecule has 0 unspecified atom stereocenters. The van der Waals surface area contributed by atoms with Crippen molar-refractivity contribution in [3.63, 3.8) is 0 Å². The molecule has 2 N–H and O–H groups in total. The first kappa shape index (κ1) is 10.1. The number of aromatic nitrogens is 1. The van der Waals surface area contributed by atoms with Gasteiger partial charge in [0.1, 0.15) is 0 Å². The quantitative estimate of drug-likeness (QED) is 0.652. The van der Waals surface area contributed by atoms with Gasteiger partial charge >= 0.3 is 5.97 Å². The van der Waals surface area contributed by atoms with Crippen LogP contribution in [0.5, 0.6) is 0 Å². The molecule has 0 aliphatic heterocycles. The minimum atomic E-state index is -1.16. The number of rotatable bonds is 4. The zero-order valence-electron chi connectivity index (χ0n) is 7.14. The molecule has 0 atom stereocenters. The first-order valence-corrected chi connectivity index (χ1v) is 3.74. The van der Waals surface area contributed by atoms with Crippen molar-refractivity contribution in [3.05, 3.63) is 30.1 Å². The fourth-order valence-electron chi connectivity index (χ4n) is 0.719. The molecule has 0 aliphatic carbocycles. The Kier molecular flexibility index (Phi) is 3.57. The first-order valence-electron chi connectivity index (χ1n) is 3.74. The van der Waals surface area contributed by atoms with E-state index in [1.54, 1.807) is 6.07 Å². The third kappa shape index (κ3) is 3.20. The largest absolute Gasteiger partial charge is 0.479 e. The number of hydrogen-bond acceptors (Lipinski definition) is 4. The number of pyridine rings is 1. The van der Waals surface area contributed by atoms with E-state index in [4.69, 9.17) is 5.11 Å². The number of carbonyl (C=O) groups is 2. The van der Waals surface area contributed by atoms with Crippen molar-refractivity contribution >= 4 is 11.9 Å². The Labute approximate surface area is 79.5 Å². The van der Waals surface area contributed by atoms with Crippen molar-refractivity contribution < 1.29 is 19.5 Å². The Morgan fingerprint density at radius 1 is 1.57 bits per heavy atom. The van der Waals surface area contributed by atoms with Crippen LogP contribution in [0.25, 0.3) is 0 Å². The van der Waals surface area contributed by atoms with Gasteiger partial charge in [-0.25, -0.2) is 10.3 Å². The molecule has 14 heavy (non-hydrogen) atoms. The zero-order chi connectivity index (χ0) is 10.4. The van der Waals surface area contributed by atoms with Crippen LogP contribution in [0.4, 0.5) is 0 Å². The lowest BCUT2D eigenvalue weighted by atomic mass is 10.3. The van der Waals surface area contributed by atoms with Gasteiger partial charge < -0.3 is 5.11 Å². The molecule has 74 valence electrons. The molecule has 0 aromatic carbocycles. The number of carboxylic acids is 1. The van der Waals surface area contributed by atoms with E-state index in [2.05, 4.69) is 9.82 Å². The second-order valence-corrected chi connectivity index (χ2v) is 2.36. The van der Waals surface area contributed by atoms with E-state index in [-0.39, 0.29) is 0 Å². The first-order chi connectivity index (χ1) is 6.70. The van der Waals surface area contributed by atoms with Gasteiger partial charge in [-0.3, -0.25) is 14.6 Å². The summed E-state index contributed by atoms with van der Waals surface area (Å²) in [6, 6.07) is 3.12. The van der Waals surface area contributed by atoms with Gasteiger partial charge in [0.05, 0.1) is 5.56 Å². The molecule has 1 aromatic rings. The smallest absolute Gasteiger partial charge is 0.332 e. The van der Waals surface area contributed by atoms with Crippen LogP contribution in [0.2, 0.25) is 0 Å². The van der Waals surface area contributed by atoms with Gasteiger partial charge in [-0.05, 0) is 12.1 Å². The number of nitrogens with one attached hydrogen (secondary N) is 1. The average Bonchev–Trinajstić information content (AvgIpc) is 2.18. The molecule has 0 spiro atoms. The van der Waals surface area contributed by atoms with Crippen molar-refractivity contribution in [2.24, 2.45) is 0 Å². The Hall–Kier alpha value is -1.95. The van der Waals surface area contributed by atoms with Gasteiger partial charge in [-0.1, -0.05) is 0 Å². The number of carboxylic acid groups (broad SMARTS) is 1. The van der Waals surface area contributed by atoms with E-state index in [9.17, 15) is 9.59 Å². The molecule has 1 aromatic heterocycles. The zero-order valence-corrected chi connectivity index (χ0v) is 7.14. The highest BCUT2D eigenvalue weighted by molar-refractivity contribution is 5.93. The Bertz CT molecular complexity index is 325. The summed E-state index contributed by atoms with van der Waals surface area (Å²) >= 11 is 0. The van der Waals surface area contributed by atoms with Crippen LogP contribution in [0.3, 0.4) is 0 Å². The lowest BCUT2D eigenvalue weighted by Crippen LogP contribution is -2.26. The Balaban J connectivity index is 2.40. The molecule has 6 nitrogen and oxygen atoms in total. The standard InChI is InChI=1S/C8H8N2O4/c11-7(12)5-14-10-8(13)6-2-1-3-9-4-6/h1-4H,5H2,(H,10,13)(H,11,12). The van der Waals surface area contributed by atoms with Crippen molar-refractivity contribution in [3.8, 4) is 0 Å². The molecular weight excluding hydrogens is 188 g/mol. The molecular formula is C8H8N2O4. The normalized spacial score (nSPS) is 9.43. The van der Waals surface area contributed by atoms with Crippen molar-refractivity contribution in [1.29, 1.82) is 0 Å². The van der Waals surface area contributed by atoms with Gasteiger partial charge in [0.2, 0.25) is 0 Å². The van der Waals surface area contributed by atoms with Crippen molar-refractivity contribution in [1.82, 2.24) is 10.5 Å². The van der Waals surface area contributed by atoms with E-state index in [1.807, 2.05) is 5.48 Å². The predicted octanol–water partition coefficient (Wildman–Crippen LogP) is -0.172. The molecule has 1 amide bonds. The molecule has 0 fully saturated rings. The van der Waals surface area contributed by atoms with Crippen LogP contribution in [0.1, 0.15) is 10.4 Å². The lowest BCUT2D eigenvalue weighted by Gasteiger charge is -2.02. The summed E-state index contributed by atoms with van der Waals surface area (Å²) in [5, 5.41) is 8.21. The van der Waals surface area contributed by atoms with Gasteiger partial charge in [0, 0.05) is 12.4 Å². The van der Waals surface area contributed by atoms with E-state index in [0.29, 0.717) is 5.56 Å². The fourth-order valence-corrected chi connectivity index (χ4v) is 0.719. The number of aliphatic carboxylic acids is 1. The van der Waals surface area contributed by atoms with E-state index >= 15 is 0 Å². The fraction of sp³-hybridized carbons (Fsp3) is 0.125. The van der Waals surface area contributed by atoms with Crippen LogP contribution in [-0.2, 0) is 9.63 Å². The molecule has 0 saturated heterocycles. The second-order valence-electron chi connectivity index (χ2n) is 2.36. The molecule has 0 bridgehead atoms. The van der Waals surface area contributed by atoms with Crippen molar-refractivity contribution in [2.75, 3.05) is 6.61 Å². The topological polar surface area (TPSA) is 88.5 Å². The highest BCUT2D eigenvalue weighted by Gasteiger charge is 2.05. The Morgan fingerprint density at radius 2 is 2.36 bits per heavy atom. The maximum Gasteiger partial charge on any atom is 0.332 e. The third-order valence-electron chi connectivity index (χ3n) is 1.28. The maximum atomic E-state index is 11.2. The summed E-state index contributed by atoms with van der Waals surface area (Å²) in [4.78, 5) is 29.3. The predicted molar refractivity (Wildman–Crippen MR) is 45.3 cm³/mol. The highest BCUT2D eigenvalue weighted by Crippen LogP contribution is 1.94. The number of amides is 1. The van der Waals surface area contributed by atoms with Crippen molar-refractivity contribution in [2.45, 2.75) is 0 Å². The van der Waals surface area contributed by atoms with Crippen LogP contribution in [-0.4, -0.2) is 28.6 Å². The lowest BCUT2D eigenvalue weighted by molar-refractivity contribution is -0.144. The van der Waals surface area contributed by atoms with Gasteiger partial charge in [-0.2, -0.15) is 0 Å². The number of hydroxylamine groups is 1. The summed E-state index contributed by atoms with van der Waals surface area (Å²) in [7, 11) is 0. The number of hydrogen-bond donors (Lipinski definition) is 2. The summed E-state index contributed by atoms with van der Waals surface area (Å²) < 4.78 is 0. The van der Waals surface area contributed by atoms with E-state index in [1.165, 1.54) is 18.5 Å².